The maximum Gasteiger partial charge on any atom is 0.122 e. The van der Waals surface area contributed by atoms with Crippen molar-refractivity contribution in [1.82, 2.24) is 10.3 Å². The highest BCUT2D eigenvalue weighted by Gasteiger charge is 2.21. The fourth-order valence-corrected chi connectivity index (χ4v) is 2.72. The van der Waals surface area contributed by atoms with E-state index in [1.807, 2.05) is 18.5 Å². The molecule has 0 bridgehead atoms. The number of pyridine rings is 1. The first-order chi connectivity index (χ1) is 9.84. The molecule has 2 aromatic rings. The van der Waals surface area contributed by atoms with Gasteiger partial charge in [-0.1, -0.05) is 18.2 Å². The summed E-state index contributed by atoms with van der Waals surface area (Å²) in [7, 11) is 0. The topological polar surface area (TPSA) is 34.1 Å². The monoisotopic (exact) mass is 268 g/mol. The van der Waals surface area contributed by atoms with Gasteiger partial charge in [0.05, 0.1) is 6.61 Å². The second-order valence-electron chi connectivity index (χ2n) is 5.28. The van der Waals surface area contributed by atoms with Crippen LogP contribution in [0.4, 0.5) is 0 Å². The van der Waals surface area contributed by atoms with Crippen LogP contribution in [0, 0.1) is 0 Å². The molecule has 3 rings (SSSR count). The molecule has 1 aliphatic heterocycles. The predicted molar refractivity (Wildman–Crippen MR) is 79.9 cm³/mol. The van der Waals surface area contributed by atoms with Crippen molar-refractivity contribution in [3.63, 3.8) is 0 Å². The summed E-state index contributed by atoms with van der Waals surface area (Å²) in [4.78, 5) is 4.06. The molecule has 1 aromatic carbocycles. The number of aromatic nitrogens is 1. The quantitative estimate of drug-likeness (QED) is 0.924. The minimum Gasteiger partial charge on any atom is -0.493 e. The number of fused-ring (bicyclic) bond motifs is 1. The van der Waals surface area contributed by atoms with Crippen LogP contribution in [0.25, 0.3) is 0 Å². The van der Waals surface area contributed by atoms with Crippen LogP contribution in [0.1, 0.15) is 36.4 Å². The third-order valence-electron chi connectivity index (χ3n) is 3.96. The van der Waals surface area contributed by atoms with Gasteiger partial charge in [-0.2, -0.15) is 0 Å². The van der Waals surface area contributed by atoms with Crippen LogP contribution in [-0.2, 0) is 0 Å². The molecule has 0 fully saturated rings. The predicted octanol–water partition coefficient (Wildman–Crippen LogP) is 3.30. The zero-order chi connectivity index (χ0) is 13.8. The minimum atomic E-state index is 0.341. The Balaban J connectivity index is 1.65. The van der Waals surface area contributed by atoms with Crippen molar-refractivity contribution < 1.29 is 4.74 Å². The van der Waals surface area contributed by atoms with Crippen LogP contribution in [0.5, 0.6) is 5.75 Å². The summed E-state index contributed by atoms with van der Waals surface area (Å²) in [6.07, 6.45) is 4.77. The van der Waals surface area contributed by atoms with Crippen LogP contribution in [0.3, 0.4) is 0 Å². The van der Waals surface area contributed by atoms with Gasteiger partial charge >= 0.3 is 0 Å². The summed E-state index contributed by atoms with van der Waals surface area (Å²) in [5.74, 6) is 1.58. The van der Waals surface area contributed by atoms with Gasteiger partial charge in [0.2, 0.25) is 0 Å². The SMILES string of the molecule is C[C@H](NCC1CCOc2ccccc21)c1ccncc1. The molecule has 0 saturated carbocycles. The molecule has 2 atom stereocenters. The van der Waals surface area contributed by atoms with Crippen LogP contribution in [0.2, 0.25) is 0 Å². The van der Waals surface area contributed by atoms with E-state index in [2.05, 4.69) is 47.6 Å². The zero-order valence-electron chi connectivity index (χ0n) is 11.8. The fourth-order valence-electron chi connectivity index (χ4n) is 2.72. The molecule has 3 heteroatoms. The van der Waals surface area contributed by atoms with Gasteiger partial charge in [0.1, 0.15) is 5.75 Å². The molecular formula is C17H20N2O. The fraction of sp³-hybridized carbons (Fsp3) is 0.353. The Morgan fingerprint density at radius 2 is 2.05 bits per heavy atom. The zero-order valence-corrected chi connectivity index (χ0v) is 11.8. The highest BCUT2D eigenvalue weighted by atomic mass is 16.5. The van der Waals surface area contributed by atoms with Gasteiger partial charge in [-0.15, -0.1) is 0 Å². The van der Waals surface area contributed by atoms with Crippen molar-refractivity contribution in [3.05, 3.63) is 59.9 Å². The molecule has 2 heterocycles. The Morgan fingerprint density at radius 3 is 2.90 bits per heavy atom. The van der Waals surface area contributed by atoms with E-state index in [1.165, 1.54) is 11.1 Å². The number of hydrogen-bond acceptors (Lipinski definition) is 3. The van der Waals surface area contributed by atoms with Crippen molar-refractivity contribution in [2.75, 3.05) is 13.2 Å². The standard InChI is InChI=1S/C17H20N2O/c1-13(14-6-9-18-10-7-14)19-12-15-8-11-20-17-5-3-2-4-16(15)17/h2-7,9-10,13,15,19H,8,11-12H2,1H3/t13-,15?/m0/s1. The molecule has 1 N–H and O–H groups in total. The molecule has 0 amide bonds. The van der Waals surface area contributed by atoms with Gasteiger partial charge in [0.15, 0.2) is 0 Å². The number of benzene rings is 1. The molecule has 0 saturated heterocycles. The van der Waals surface area contributed by atoms with Gasteiger partial charge in [0, 0.05) is 30.9 Å². The number of hydrogen-bond donors (Lipinski definition) is 1. The second-order valence-corrected chi connectivity index (χ2v) is 5.28. The lowest BCUT2D eigenvalue weighted by Gasteiger charge is -2.27. The summed E-state index contributed by atoms with van der Waals surface area (Å²) >= 11 is 0. The van der Waals surface area contributed by atoms with Crippen molar-refractivity contribution in [2.45, 2.75) is 25.3 Å². The average molecular weight is 268 g/mol. The first-order valence-corrected chi connectivity index (χ1v) is 7.19. The van der Waals surface area contributed by atoms with Gasteiger partial charge in [0.25, 0.3) is 0 Å². The van der Waals surface area contributed by atoms with Gasteiger partial charge in [-0.05, 0) is 42.7 Å². The number of nitrogens with one attached hydrogen (secondary N) is 1. The van der Waals surface area contributed by atoms with E-state index in [0.717, 1.165) is 25.3 Å². The Labute approximate surface area is 120 Å². The third kappa shape index (κ3) is 2.83. The van der Waals surface area contributed by atoms with E-state index in [1.54, 1.807) is 0 Å². The van der Waals surface area contributed by atoms with Crippen LogP contribution in [-0.4, -0.2) is 18.1 Å². The number of nitrogens with zero attached hydrogens (tertiary/aromatic N) is 1. The van der Waals surface area contributed by atoms with Crippen molar-refractivity contribution in [3.8, 4) is 5.75 Å². The molecule has 1 unspecified atom stereocenters. The number of para-hydroxylation sites is 1. The first kappa shape index (κ1) is 13.1. The summed E-state index contributed by atoms with van der Waals surface area (Å²) in [6, 6.07) is 12.8. The van der Waals surface area contributed by atoms with Gasteiger partial charge < -0.3 is 10.1 Å². The molecule has 20 heavy (non-hydrogen) atoms. The van der Waals surface area contributed by atoms with Gasteiger partial charge in [-0.25, -0.2) is 0 Å². The summed E-state index contributed by atoms with van der Waals surface area (Å²) < 4.78 is 5.71. The summed E-state index contributed by atoms with van der Waals surface area (Å²) in [5.41, 5.74) is 2.61. The molecule has 3 nitrogen and oxygen atoms in total. The van der Waals surface area contributed by atoms with Crippen LogP contribution >= 0.6 is 0 Å². The van der Waals surface area contributed by atoms with Gasteiger partial charge in [-0.3, -0.25) is 4.98 Å². The van der Waals surface area contributed by atoms with Crippen molar-refractivity contribution >= 4 is 0 Å². The maximum absolute atomic E-state index is 5.71. The first-order valence-electron chi connectivity index (χ1n) is 7.19. The molecule has 0 radical (unpaired) electrons. The third-order valence-corrected chi connectivity index (χ3v) is 3.96. The Kier molecular flexibility index (Phi) is 3.97. The van der Waals surface area contributed by atoms with E-state index in [-0.39, 0.29) is 0 Å². The molecule has 1 aromatic heterocycles. The second kappa shape index (κ2) is 6.06. The summed E-state index contributed by atoms with van der Waals surface area (Å²) in [5, 5.41) is 3.63. The number of ether oxygens (including phenoxy) is 1. The van der Waals surface area contributed by atoms with Crippen molar-refractivity contribution in [2.24, 2.45) is 0 Å². The molecular weight excluding hydrogens is 248 g/mol. The Morgan fingerprint density at radius 1 is 1.25 bits per heavy atom. The Bertz CT molecular complexity index is 556. The van der Waals surface area contributed by atoms with Crippen molar-refractivity contribution in [1.29, 1.82) is 0 Å². The van der Waals surface area contributed by atoms with E-state index in [4.69, 9.17) is 4.74 Å². The minimum absolute atomic E-state index is 0.341. The van der Waals surface area contributed by atoms with Crippen LogP contribution in [0.15, 0.2) is 48.8 Å². The van der Waals surface area contributed by atoms with Crippen LogP contribution < -0.4 is 10.1 Å². The smallest absolute Gasteiger partial charge is 0.122 e. The molecule has 1 aliphatic rings. The normalized spacial score (nSPS) is 18.9. The molecule has 0 aliphatic carbocycles. The number of rotatable bonds is 4. The molecule has 104 valence electrons. The van der Waals surface area contributed by atoms with E-state index >= 15 is 0 Å². The largest absolute Gasteiger partial charge is 0.493 e. The lowest BCUT2D eigenvalue weighted by Crippen LogP contribution is -2.28. The van der Waals surface area contributed by atoms with E-state index in [0.29, 0.717) is 12.0 Å². The Hall–Kier alpha value is -1.87. The molecule has 0 spiro atoms. The lowest BCUT2D eigenvalue weighted by atomic mass is 9.92. The van der Waals surface area contributed by atoms with E-state index < -0.39 is 0 Å². The summed E-state index contributed by atoms with van der Waals surface area (Å²) in [6.45, 7) is 3.98. The lowest BCUT2D eigenvalue weighted by molar-refractivity contribution is 0.263. The van der Waals surface area contributed by atoms with E-state index in [9.17, 15) is 0 Å². The highest BCUT2D eigenvalue weighted by Crippen LogP contribution is 2.33. The average Bonchev–Trinajstić information content (AvgIpc) is 2.53. The maximum atomic E-state index is 5.71. The highest BCUT2D eigenvalue weighted by molar-refractivity contribution is 5.38.